The number of hydrogen-bond donors (Lipinski definition) is 7. The summed E-state index contributed by atoms with van der Waals surface area (Å²) >= 11 is 1.09. The summed E-state index contributed by atoms with van der Waals surface area (Å²) in [4.78, 5) is 73.5. The maximum absolute atomic E-state index is 11.7. The second-order valence-electron chi connectivity index (χ2n) is 5.40. The molecule has 18 heteroatoms. The van der Waals surface area contributed by atoms with Gasteiger partial charge in [-0.2, -0.15) is 0 Å². The van der Waals surface area contributed by atoms with Crippen molar-refractivity contribution in [2.45, 2.75) is 31.0 Å². The first kappa shape index (κ1) is 30.4. The van der Waals surface area contributed by atoms with Gasteiger partial charge < -0.3 is 37.4 Å². The van der Waals surface area contributed by atoms with Crippen LogP contribution >= 0.6 is 23.9 Å². The van der Waals surface area contributed by atoms with Crippen LogP contribution < -0.4 is 22.1 Å². The van der Waals surface area contributed by atoms with Gasteiger partial charge in [0.1, 0.15) is 24.7 Å². The molecule has 0 saturated heterocycles. The molecule has 0 aromatic rings. The molecular formula is C13H22N6O10S2. The van der Waals surface area contributed by atoms with Crippen molar-refractivity contribution in [2.75, 3.05) is 18.1 Å². The summed E-state index contributed by atoms with van der Waals surface area (Å²) in [5, 5.41) is 29.5. The monoisotopic (exact) mass is 486 g/mol. The summed E-state index contributed by atoms with van der Waals surface area (Å²) in [6, 6.07) is -3.38. The number of amides is 2. The number of nitrogens with two attached hydrogens (primary N) is 2. The lowest BCUT2D eigenvalue weighted by atomic mass is 10.1. The molecule has 0 rings (SSSR count). The first-order chi connectivity index (χ1) is 14.5. The molecule has 0 aromatic heterocycles. The van der Waals surface area contributed by atoms with Gasteiger partial charge in [-0.1, -0.05) is 0 Å². The third-order valence-corrected chi connectivity index (χ3v) is 4.18. The van der Waals surface area contributed by atoms with Crippen LogP contribution in [0.2, 0.25) is 0 Å². The molecule has 0 spiro atoms. The zero-order valence-electron chi connectivity index (χ0n) is 15.8. The van der Waals surface area contributed by atoms with Gasteiger partial charge >= 0.3 is 17.9 Å². The van der Waals surface area contributed by atoms with Crippen molar-refractivity contribution in [3.63, 3.8) is 0 Å². The Hall–Kier alpha value is -2.83. The van der Waals surface area contributed by atoms with Crippen molar-refractivity contribution < 1.29 is 39.3 Å². The molecule has 0 aliphatic carbocycles. The summed E-state index contributed by atoms with van der Waals surface area (Å²) in [5.74, 6) is -5.26. The fourth-order valence-corrected chi connectivity index (χ4v) is 2.24. The molecule has 2 amide bonds. The molecule has 0 radical (unpaired) electrons. The summed E-state index contributed by atoms with van der Waals surface area (Å²) in [5.41, 5.74) is 10.2. The number of rotatable bonds is 15. The Labute approximate surface area is 183 Å². The highest BCUT2D eigenvalue weighted by molar-refractivity contribution is 7.98. The Balaban J connectivity index is 0. The molecule has 0 saturated carbocycles. The van der Waals surface area contributed by atoms with E-state index >= 15 is 0 Å². The fraction of sp³-hybridized carbons (Fsp3) is 0.615. The van der Waals surface area contributed by atoms with Gasteiger partial charge in [0.15, 0.2) is 0 Å². The standard InChI is InChI=1S/C10H16N4O7S.C3H6N2O3S/c11-5(10(19)20)1-2-7(15)13-6(4-22-14-21)9(18)12-3-8(16)17;4-2(3(6)7)1-9-5-8/h5-6H,1-4,11H2,(H,12,18)(H,13,15)(H,16,17)(H,19,20);2H,1,4H2,(H,6,7)/t;2-/m.0/s1. The predicted octanol–water partition coefficient (Wildman–Crippen LogP) is -1.91. The van der Waals surface area contributed by atoms with E-state index < -0.39 is 54.4 Å². The second kappa shape index (κ2) is 18.0. The van der Waals surface area contributed by atoms with E-state index in [0.717, 1.165) is 0 Å². The minimum atomic E-state index is -1.27. The van der Waals surface area contributed by atoms with Gasteiger partial charge in [-0.3, -0.25) is 24.0 Å². The average molecular weight is 486 g/mol. The largest absolute Gasteiger partial charge is 0.480 e. The highest BCUT2D eigenvalue weighted by atomic mass is 32.2. The Morgan fingerprint density at radius 3 is 1.84 bits per heavy atom. The average Bonchev–Trinajstić information content (AvgIpc) is 2.71. The van der Waals surface area contributed by atoms with E-state index in [2.05, 4.69) is 19.8 Å². The van der Waals surface area contributed by atoms with Crippen LogP contribution in [0, 0.1) is 9.81 Å². The van der Waals surface area contributed by atoms with Gasteiger partial charge in [0.05, 0.1) is 0 Å². The quantitative estimate of drug-likeness (QED) is 0.0982. The van der Waals surface area contributed by atoms with Crippen LogP contribution in [0.3, 0.4) is 0 Å². The molecule has 0 bridgehead atoms. The van der Waals surface area contributed by atoms with Crippen LogP contribution in [-0.2, 0) is 24.0 Å². The fourth-order valence-electron chi connectivity index (χ4n) is 1.43. The SMILES string of the molecule is NC(CCC(=O)NC(CSN=O)C(=O)NCC(=O)O)C(=O)O.N[C@@H](CSN=O)C(=O)O. The van der Waals surface area contributed by atoms with Crippen molar-refractivity contribution in [2.24, 2.45) is 20.6 Å². The number of carboxylic acids is 3. The van der Waals surface area contributed by atoms with E-state index in [1.54, 1.807) is 0 Å². The number of carbonyl (C=O) groups excluding carboxylic acids is 2. The summed E-state index contributed by atoms with van der Waals surface area (Å²) in [6.45, 7) is -0.645. The van der Waals surface area contributed by atoms with Crippen LogP contribution in [0.4, 0.5) is 0 Å². The summed E-state index contributed by atoms with van der Waals surface area (Å²) in [6.07, 6.45) is -0.376. The number of nitrogens with zero attached hydrogens (tertiary/aromatic N) is 2. The third kappa shape index (κ3) is 17.7. The number of carbonyl (C=O) groups is 5. The molecule has 0 aliphatic heterocycles. The number of aliphatic carboxylic acids is 3. The van der Waals surface area contributed by atoms with Gasteiger partial charge in [0.2, 0.25) is 11.8 Å². The van der Waals surface area contributed by atoms with Crippen LogP contribution in [0.1, 0.15) is 12.8 Å². The zero-order chi connectivity index (χ0) is 24.4. The zero-order valence-corrected chi connectivity index (χ0v) is 17.5. The molecule has 0 heterocycles. The van der Waals surface area contributed by atoms with E-state index in [1.165, 1.54) is 0 Å². The second-order valence-corrected chi connectivity index (χ2v) is 6.88. The lowest BCUT2D eigenvalue weighted by molar-refractivity contribution is -0.139. The van der Waals surface area contributed by atoms with E-state index in [-0.39, 0.29) is 24.3 Å². The van der Waals surface area contributed by atoms with Crippen LogP contribution in [0.25, 0.3) is 0 Å². The Morgan fingerprint density at radius 2 is 1.39 bits per heavy atom. The summed E-state index contributed by atoms with van der Waals surface area (Å²) < 4.78 is 4.86. The molecule has 0 aliphatic rings. The Kier molecular flexibility index (Phi) is 17.6. The smallest absolute Gasteiger partial charge is 0.322 e. The van der Waals surface area contributed by atoms with Crippen molar-refractivity contribution in [3.8, 4) is 0 Å². The number of hydrogen-bond acceptors (Lipinski definition) is 13. The Bertz CT molecular complexity index is 652. The van der Waals surface area contributed by atoms with E-state index in [0.29, 0.717) is 23.9 Å². The Morgan fingerprint density at radius 1 is 0.871 bits per heavy atom. The molecule has 3 atom stereocenters. The molecule has 31 heavy (non-hydrogen) atoms. The number of nitroso groups, excluding NO2 is 2. The minimum Gasteiger partial charge on any atom is -0.480 e. The number of nitrogens with one attached hydrogen (secondary N) is 2. The van der Waals surface area contributed by atoms with Gasteiger partial charge in [0, 0.05) is 51.0 Å². The molecule has 0 aromatic carbocycles. The molecule has 16 nitrogen and oxygen atoms in total. The number of carboxylic acid groups (broad SMARTS) is 3. The van der Waals surface area contributed by atoms with Crippen molar-refractivity contribution in [3.05, 3.63) is 9.81 Å². The highest BCUT2D eigenvalue weighted by Gasteiger charge is 2.22. The maximum Gasteiger partial charge on any atom is 0.322 e. The van der Waals surface area contributed by atoms with E-state index in [1.807, 2.05) is 0 Å². The van der Waals surface area contributed by atoms with Gasteiger partial charge in [0.25, 0.3) is 0 Å². The molecule has 9 N–H and O–H groups in total. The van der Waals surface area contributed by atoms with E-state index in [9.17, 15) is 33.8 Å². The maximum atomic E-state index is 11.7. The van der Waals surface area contributed by atoms with Crippen molar-refractivity contribution in [1.82, 2.24) is 10.6 Å². The highest BCUT2D eigenvalue weighted by Crippen LogP contribution is 2.05. The predicted molar refractivity (Wildman–Crippen MR) is 110 cm³/mol. The lowest BCUT2D eigenvalue weighted by Crippen LogP contribution is -2.49. The van der Waals surface area contributed by atoms with Gasteiger partial charge in [-0.05, 0) is 6.42 Å². The summed E-state index contributed by atoms with van der Waals surface area (Å²) in [7, 11) is 0. The van der Waals surface area contributed by atoms with Gasteiger partial charge in [-0.25, -0.2) is 0 Å². The molecular weight excluding hydrogens is 464 g/mol. The first-order valence-corrected chi connectivity index (χ1v) is 9.99. The van der Waals surface area contributed by atoms with Crippen molar-refractivity contribution in [1.29, 1.82) is 0 Å². The molecule has 176 valence electrons. The normalized spacial score (nSPS) is 12.7. The lowest BCUT2D eigenvalue weighted by Gasteiger charge is -2.16. The van der Waals surface area contributed by atoms with Crippen molar-refractivity contribution >= 4 is 53.6 Å². The topological polar surface area (TPSA) is 281 Å². The van der Waals surface area contributed by atoms with Crippen LogP contribution in [0.15, 0.2) is 9.16 Å². The van der Waals surface area contributed by atoms with E-state index in [4.69, 9.17) is 26.8 Å². The third-order valence-electron chi connectivity index (χ3n) is 2.98. The minimum absolute atomic E-state index is 0.0266. The first-order valence-electron chi connectivity index (χ1n) is 8.11. The molecule has 0 fully saturated rings. The molecule has 2 unspecified atom stereocenters. The van der Waals surface area contributed by atoms with Crippen LogP contribution in [-0.4, -0.2) is 81.2 Å². The van der Waals surface area contributed by atoms with Gasteiger partial charge in [-0.15, -0.1) is 9.81 Å². The van der Waals surface area contributed by atoms with Crippen LogP contribution in [0.5, 0.6) is 0 Å².